The van der Waals surface area contributed by atoms with E-state index in [4.69, 9.17) is 0 Å². The molecule has 0 aliphatic rings. The van der Waals surface area contributed by atoms with Crippen LogP contribution >= 0.6 is 11.3 Å². The van der Waals surface area contributed by atoms with E-state index in [-0.39, 0.29) is 0 Å². The van der Waals surface area contributed by atoms with E-state index < -0.39 is 0 Å². The number of hydrogen-bond donors (Lipinski definition) is 2. The highest BCUT2D eigenvalue weighted by Crippen LogP contribution is 2.18. The van der Waals surface area contributed by atoms with E-state index in [0.29, 0.717) is 12.5 Å². The number of hydrogen-bond acceptors (Lipinski definition) is 4. The van der Waals surface area contributed by atoms with Gasteiger partial charge in [0.1, 0.15) is 5.01 Å². The second-order valence-electron chi connectivity index (χ2n) is 6.07. The van der Waals surface area contributed by atoms with Gasteiger partial charge in [0, 0.05) is 31.7 Å². The first kappa shape index (κ1) is 18.4. The van der Waals surface area contributed by atoms with Crippen LogP contribution in [0.2, 0.25) is 0 Å². The van der Waals surface area contributed by atoms with Crippen molar-refractivity contribution in [2.24, 2.45) is 12.0 Å². The summed E-state index contributed by atoms with van der Waals surface area (Å²) in [4.78, 5) is 9.26. The second kappa shape index (κ2) is 9.42. The van der Waals surface area contributed by atoms with Crippen molar-refractivity contribution < 1.29 is 0 Å². The Balaban J connectivity index is 1.79. The topological polar surface area (TPSA) is 67.1 Å². The summed E-state index contributed by atoms with van der Waals surface area (Å²) in [6, 6.07) is 0. The van der Waals surface area contributed by atoms with Crippen molar-refractivity contribution in [1.29, 1.82) is 0 Å². The molecule has 2 heterocycles. The number of nitrogens with one attached hydrogen (secondary N) is 2. The third-order valence-electron chi connectivity index (χ3n) is 3.57. The van der Waals surface area contributed by atoms with Gasteiger partial charge in [-0.25, -0.2) is 9.98 Å². The van der Waals surface area contributed by atoms with Crippen LogP contribution in [0.1, 0.15) is 49.4 Å². The fourth-order valence-electron chi connectivity index (χ4n) is 2.25. The third-order valence-corrected chi connectivity index (χ3v) is 4.42. The minimum Gasteiger partial charge on any atom is -0.357 e. The van der Waals surface area contributed by atoms with E-state index in [1.807, 2.05) is 17.9 Å². The largest absolute Gasteiger partial charge is 0.357 e. The average molecular weight is 349 g/mol. The quantitative estimate of drug-likeness (QED) is 0.437. The van der Waals surface area contributed by atoms with Crippen LogP contribution < -0.4 is 10.6 Å². The number of rotatable bonds is 8. The van der Waals surface area contributed by atoms with Crippen molar-refractivity contribution in [2.75, 3.05) is 13.1 Å². The molecular formula is C17H28N6S. The molecule has 0 radical (unpaired) electrons. The number of aliphatic imine (C=N–C) groups is 1. The molecule has 2 N–H and O–H groups in total. The first-order valence-electron chi connectivity index (χ1n) is 8.52. The van der Waals surface area contributed by atoms with Crippen LogP contribution in [0.15, 0.2) is 22.8 Å². The summed E-state index contributed by atoms with van der Waals surface area (Å²) in [5, 5.41) is 14.1. The maximum absolute atomic E-state index is 4.63. The summed E-state index contributed by atoms with van der Waals surface area (Å²) >= 11 is 1.68. The smallest absolute Gasteiger partial charge is 0.191 e. The van der Waals surface area contributed by atoms with Gasteiger partial charge in [-0.3, -0.25) is 4.68 Å². The van der Waals surface area contributed by atoms with Gasteiger partial charge >= 0.3 is 0 Å². The molecule has 0 saturated carbocycles. The number of nitrogens with zero attached hydrogens (tertiary/aromatic N) is 4. The zero-order valence-corrected chi connectivity index (χ0v) is 15.9. The molecule has 2 rings (SSSR count). The standard InChI is InChI=1S/C17H28N6S/c1-5-18-17(19-8-6-7-14-9-21-23(4)11-14)20-10-16-22-15(12-24-16)13(2)3/h9,11-13H,5-8,10H2,1-4H3,(H2,18,19,20). The highest BCUT2D eigenvalue weighted by atomic mass is 32.1. The van der Waals surface area contributed by atoms with Gasteiger partial charge in [0.2, 0.25) is 0 Å². The number of aryl methyl sites for hydroxylation is 2. The SMILES string of the molecule is CCNC(=NCc1nc(C(C)C)cs1)NCCCc1cnn(C)c1. The van der Waals surface area contributed by atoms with Gasteiger partial charge in [0.25, 0.3) is 0 Å². The first-order chi connectivity index (χ1) is 11.6. The summed E-state index contributed by atoms with van der Waals surface area (Å²) in [5.41, 5.74) is 2.42. The Labute approximate surface area is 148 Å². The lowest BCUT2D eigenvalue weighted by molar-refractivity contribution is 0.740. The molecule has 0 bridgehead atoms. The number of thiazole rings is 1. The molecule has 0 aromatic carbocycles. The predicted molar refractivity (Wildman–Crippen MR) is 101 cm³/mol. The molecule has 0 aliphatic heterocycles. The minimum atomic E-state index is 0.470. The maximum Gasteiger partial charge on any atom is 0.191 e. The van der Waals surface area contributed by atoms with Crippen molar-refractivity contribution in [3.63, 3.8) is 0 Å². The Kier molecular flexibility index (Phi) is 7.24. The third kappa shape index (κ3) is 5.96. The Hall–Kier alpha value is -1.89. The molecule has 7 heteroatoms. The van der Waals surface area contributed by atoms with Gasteiger partial charge < -0.3 is 10.6 Å². The molecule has 0 fully saturated rings. The lowest BCUT2D eigenvalue weighted by atomic mass is 10.2. The monoisotopic (exact) mass is 348 g/mol. The molecule has 0 aliphatic carbocycles. The second-order valence-corrected chi connectivity index (χ2v) is 7.01. The Morgan fingerprint density at radius 2 is 2.21 bits per heavy atom. The zero-order chi connectivity index (χ0) is 17.4. The van der Waals surface area contributed by atoms with Crippen molar-refractivity contribution in [2.45, 2.75) is 46.1 Å². The summed E-state index contributed by atoms with van der Waals surface area (Å²) < 4.78 is 1.84. The van der Waals surface area contributed by atoms with E-state index in [1.165, 1.54) is 5.56 Å². The fourth-order valence-corrected chi connectivity index (χ4v) is 3.13. The predicted octanol–water partition coefficient (Wildman–Crippen LogP) is 2.69. The van der Waals surface area contributed by atoms with Gasteiger partial charge in [-0.2, -0.15) is 5.10 Å². The lowest BCUT2D eigenvalue weighted by Crippen LogP contribution is -2.37. The zero-order valence-electron chi connectivity index (χ0n) is 15.0. The molecular weight excluding hydrogens is 320 g/mol. The molecule has 0 unspecified atom stereocenters. The molecule has 2 aromatic heterocycles. The minimum absolute atomic E-state index is 0.470. The van der Waals surface area contributed by atoms with Gasteiger partial charge in [-0.15, -0.1) is 11.3 Å². The number of aromatic nitrogens is 3. The summed E-state index contributed by atoms with van der Waals surface area (Å²) in [6.45, 7) is 8.76. The normalized spacial score (nSPS) is 12.0. The first-order valence-corrected chi connectivity index (χ1v) is 9.40. The van der Waals surface area contributed by atoms with Crippen LogP contribution in [0.25, 0.3) is 0 Å². The molecule has 2 aromatic rings. The maximum atomic E-state index is 4.63. The van der Waals surface area contributed by atoms with Crippen molar-refractivity contribution in [3.05, 3.63) is 34.0 Å². The van der Waals surface area contributed by atoms with Crippen molar-refractivity contribution >= 4 is 17.3 Å². The van der Waals surface area contributed by atoms with Gasteiger partial charge in [-0.05, 0) is 31.2 Å². The molecule has 132 valence electrons. The van der Waals surface area contributed by atoms with Gasteiger partial charge in [0.15, 0.2) is 5.96 Å². The molecule has 0 amide bonds. The van der Waals surface area contributed by atoms with Crippen LogP contribution in [0.5, 0.6) is 0 Å². The number of guanidine groups is 1. The molecule has 24 heavy (non-hydrogen) atoms. The average Bonchev–Trinajstić information content (AvgIpc) is 3.18. The van der Waals surface area contributed by atoms with E-state index in [1.54, 1.807) is 11.3 Å². The Morgan fingerprint density at radius 1 is 1.38 bits per heavy atom. The highest BCUT2D eigenvalue weighted by molar-refractivity contribution is 7.09. The van der Waals surface area contributed by atoms with E-state index in [2.05, 4.69) is 58.1 Å². The Morgan fingerprint density at radius 3 is 2.83 bits per heavy atom. The molecule has 6 nitrogen and oxygen atoms in total. The summed E-state index contributed by atoms with van der Waals surface area (Å²) in [7, 11) is 1.95. The summed E-state index contributed by atoms with van der Waals surface area (Å²) in [6.07, 6.45) is 6.05. The van der Waals surface area contributed by atoms with Gasteiger partial charge in [-0.1, -0.05) is 13.8 Å². The molecule has 0 spiro atoms. The molecule has 0 saturated heterocycles. The van der Waals surface area contributed by atoms with E-state index in [9.17, 15) is 0 Å². The van der Waals surface area contributed by atoms with Crippen LogP contribution in [0.3, 0.4) is 0 Å². The van der Waals surface area contributed by atoms with E-state index in [0.717, 1.165) is 42.6 Å². The fraction of sp³-hybridized carbons (Fsp3) is 0.588. The lowest BCUT2D eigenvalue weighted by Gasteiger charge is -2.10. The van der Waals surface area contributed by atoms with Crippen LogP contribution in [0, 0.1) is 0 Å². The summed E-state index contributed by atoms with van der Waals surface area (Å²) in [5.74, 6) is 1.32. The Bertz CT molecular complexity index is 643. The highest BCUT2D eigenvalue weighted by Gasteiger charge is 2.05. The van der Waals surface area contributed by atoms with Crippen molar-refractivity contribution in [1.82, 2.24) is 25.4 Å². The van der Waals surface area contributed by atoms with Crippen LogP contribution in [0.4, 0.5) is 0 Å². The molecule has 0 atom stereocenters. The van der Waals surface area contributed by atoms with E-state index >= 15 is 0 Å². The van der Waals surface area contributed by atoms with Crippen LogP contribution in [-0.2, 0) is 20.0 Å². The van der Waals surface area contributed by atoms with Gasteiger partial charge in [0.05, 0.1) is 18.4 Å². The van der Waals surface area contributed by atoms with Crippen LogP contribution in [-0.4, -0.2) is 33.8 Å². The van der Waals surface area contributed by atoms with Crippen molar-refractivity contribution in [3.8, 4) is 0 Å².